The molecule has 2 N–H and O–H groups in total. The zero-order valence-corrected chi connectivity index (χ0v) is 16.7. The molecule has 4 aromatic rings. The van der Waals surface area contributed by atoms with Gasteiger partial charge in [-0.05, 0) is 31.0 Å². The first-order valence-corrected chi connectivity index (χ1v) is 9.66. The van der Waals surface area contributed by atoms with Crippen molar-refractivity contribution in [1.29, 1.82) is 0 Å². The Morgan fingerprint density at radius 3 is 2.72 bits per heavy atom. The van der Waals surface area contributed by atoms with Crippen LogP contribution in [0.2, 0.25) is 0 Å². The molecule has 0 aliphatic rings. The number of nitrogens with zero attached hydrogens (tertiary/aromatic N) is 4. The van der Waals surface area contributed by atoms with Crippen molar-refractivity contribution in [3.8, 4) is 11.1 Å². The number of nitrogens with one attached hydrogen (secondary N) is 1. The molecule has 4 aromatic heterocycles. The number of anilines is 1. The molecule has 148 valence electrons. The summed E-state index contributed by atoms with van der Waals surface area (Å²) in [5, 5.41) is 13.9. The zero-order valence-electron chi connectivity index (χ0n) is 16.7. The Labute approximate surface area is 168 Å². The Balaban J connectivity index is 1.86. The van der Waals surface area contributed by atoms with Crippen molar-refractivity contribution in [2.75, 3.05) is 5.32 Å². The Bertz CT molecular complexity index is 1210. The molecule has 0 radical (unpaired) electrons. The average molecular weight is 389 g/mol. The van der Waals surface area contributed by atoms with Crippen LogP contribution in [0, 0.1) is 6.92 Å². The summed E-state index contributed by atoms with van der Waals surface area (Å²) in [4.78, 5) is 24.7. The lowest BCUT2D eigenvalue weighted by molar-refractivity contribution is -0.114. The van der Waals surface area contributed by atoms with Crippen molar-refractivity contribution in [1.82, 2.24) is 19.4 Å². The van der Waals surface area contributed by atoms with Crippen LogP contribution < -0.4 is 5.32 Å². The van der Waals surface area contributed by atoms with Gasteiger partial charge in [-0.2, -0.15) is 0 Å². The van der Waals surface area contributed by atoms with E-state index in [2.05, 4.69) is 20.3 Å². The maximum absolute atomic E-state index is 11.4. The molecule has 1 amide bonds. The van der Waals surface area contributed by atoms with E-state index in [1.807, 2.05) is 42.6 Å². The number of aromatic nitrogens is 4. The second-order valence-corrected chi connectivity index (χ2v) is 7.22. The largest absolute Gasteiger partial charge is 0.387 e. The molecule has 0 aromatic carbocycles. The first-order chi connectivity index (χ1) is 14.0. The number of hydrogen-bond donors (Lipinski definition) is 2. The number of pyridine rings is 3. The van der Waals surface area contributed by atoms with E-state index in [1.165, 1.54) is 6.92 Å². The van der Waals surface area contributed by atoms with Crippen LogP contribution in [-0.2, 0) is 4.79 Å². The first-order valence-electron chi connectivity index (χ1n) is 9.66. The third-order valence-corrected chi connectivity index (χ3v) is 4.98. The number of carbonyl (C=O) groups excluding carboxylic acids is 1. The van der Waals surface area contributed by atoms with Crippen LogP contribution >= 0.6 is 0 Å². The number of aliphatic hydroxyl groups excluding tert-OH is 1. The Morgan fingerprint density at radius 1 is 1.17 bits per heavy atom. The van der Waals surface area contributed by atoms with Gasteiger partial charge in [0.2, 0.25) is 5.91 Å². The first kappa shape index (κ1) is 19.0. The quantitative estimate of drug-likeness (QED) is 0.537. The van der Waals surface area contributed by atoms with E-state index in [-0.39, 0.29) is 5.91 Å². The topological polar surface area (TPSA) is 92.4 Å². The number of hydrogen-bond acceptors (Lipinski definition) is 5. The molecule has 0 bridgehead atoms. The monoisotopic (exact) mass is 389 g/mol. The lowest BCUT2D eigenvalue weighted by Crippen LogP contribution is -2.07. The Hall–Kier alpha value is -3.32. The Morgan fingerprint density at radius 2 is 2.00 bits per heavy atom. The highest BCUT2D eigenvalue weighted by Gasteiger charge is 2.15. The number of amides is 1. The molecule has 7 nitrogen and oxygen atoms in total. The maximum Gasteiger partial charge on any atom is 0.222 e. The minimum absolute atomic E-state index is 0.164. The third-order valence-electron chi connectivity index (χ3n) is 4.98. The van der Waals surface area contributed by atoms with Gasteiger partial charge in [0.25, 0.3) is 0 Å². The van der Waals surface area contributed by atoms with Crippen molar-refractivity contribution in [2.24, 2.45) is 0 Å². The highest BCUT2D eigenvalue weighted by molar-refractivity contribution is 5.95. The second-order valence-electron chi connectivity index (χ2n) is 7.22. The minimum atomic E-state index is -0.549. The summed E-state index contributed by atoms with van der Waals surface area (Å²) in [5.41, 5.74) is 5.32. The molecule has 4 rings (SSSR count). The molecular formula is C22H23N5O2. The van der Waals surface area contributed by atoms with Gasteiger partial charge in [-0.15, -0.1) is 0 Å². The van der Waals surface area contributed by atoms with Gasteiger partial charge >= 0.3 is 0 Å². The molecule has 1 atom stereocenters. The van der Waals surface area contributed by atoms with E-state index < -0.39 is 6.10 Å². The summed E-state index contributed by atoms with van der Waals surface area (Å²) in [5.74, 6) is 0.335. The van der Waals surface area contributed by atoms with Crippen molar-refractivity contribution in [2.45, 2.75) is 39.7 Å². The molecule has 0 saturated heterocycles. The van der Waals surface area contributed by atoms with Gasteiger partial charge in [0.1, 0.15) is 11.5 Å². The smallest absolute Gasteiger partial charge is 0.222 e. The van der Waals surface area contributed by atoms with Crippen LogP contribution in [0.1, 0.15) is 44.1 Å². The van der Waals surface area contributed by atoms with Gasteiger partial charge in [-0.25, -0.2) is 9.97 Å². The molecule has 29 heavy (non-hydrogen) atoms. The maximum atomic E-state index is 11.4. The molecule has 4 heterocycles. The SMILES string of the molecule is CCC[C@@H](O)c1cc(C)c(-c2cc3cnc(NC(C)=O)cc3n3ccnc23)cn1. The van der Waals surface area contributed by atoms with Crippen molar-refractivity contribution in [3.63, 3.8) is 0 Å². The summed E-state index contributed by atoms with van der Waals surface area (Å²) in [7, 11) is 0. The van der Waals surface area contributed by atoms with Gasteiger partial charge in [-0.1, -0.05) is 13.3 Å². The summed E-state index contributed by atoms with van der Waals surface area (Å²) in [6.45, 7) is 5.51. The van der Waals surface area contributed by atoms with Crippen LogP contribution in [0.3, 0.4) is 0 Å². The fraction of sp³-hybridized carbons (Fsp3) is 0.273. The number of rotatable bonds is 5. The van der Waals surface area contributed by atoms with Crippen LogP contribution in [0.5, 0.6) is 0 Å². The fourth-order valence-corrected chi connectivity index (χ4v) is 3.60. The second kappa shape index (κ2) is 7.60. The lowest BCUT2D eigenvalue weighted by Gasteiger charge is -2.14. The summed E-state index contributed by atoms with van der Waals surface area (Å²) < 4.78 is 1.98. The van der Waals surface area contributed by atoms with Gasteiger partial charge in [0.05, 0.1) is 17.3 Å². The highest BCUT2D eigenvalue weighted by atomic mass is 16.3. The average Bonchev–Trinajstić information content (AvgIpc) is 3.17. The van der Waals surface area contributed by atoms with E-state index in [4.69, 9.17) is 0 Å². The number of carbonyl (C=O) groups is 1. The molecule has 0 fully saturated rings. The number of aryl methyl sites for hydroxylation is 1. The fourth-order valence-electron chi connectivity index (χ4n) is 3.60. The van der Waals surface area contributed by atoms with Crippen LogP contribution in [-0.4, -0.2) is 30.4 Å². The van der Waals surface area contributed by atoms with Crippen molar-refractivity contribution < 1.29 is 9.90 Å². The van der Waals surface area contributed by atoms with Crippen molar-refractivity contribution >= 4 is 28.3 Å². The van der Waals surface area contributed by atoms with Crippen LogP contribution in [0.15, 0.2) is 43.0 Å². The lowest BCUT2D eigenvalue weighted by atomic mass is 10.00. The number of fused-ring (bicyclic) bond motifs is 3. The molecule has 7 heteroatoms. The Kier molecular flexibility index (Phi) is 4.98. The normalized spacial score (nSPS) is 12.4. The predicted octanol–water partition coefficient (Wildman–Crippen LogP) is 4.04. The highest BCUT2D eigenvalue weighted by Crippen LogP contribution is 2.32. The number of imidazole rings is 1. The number of aliphatic hydroxyl groups is 1. The van der Waals surface area contributed by atoms with E-state index in [1.54, 1.807) is 18.6 Å². The molecule has 0 aliphatic carbocycles. The standard InChI is InChI=1S/C22H23N5O2/c1-4-5-20(29)18-8-13(2)17(12-24-18)16-9-15-11-25-21(26-14(3)28)10-19(15)27-7-6-23-22(16)27/h6-12,20,29H,4-5H2,1-3H3,(H,25,26,28)/t20-/m1/s1. The van der Waals surface area contributed by atoms with Gasteiger partial charge in [-0.3, -0.25) is 14.2 Å². The van der Waals surface area contributed by atoms with Crippen LogP contribution in [0.4, 0.5) is 5.82 Å². The van der Waals surface area contributed by atoms with Gasteiger partial charge in [0, 0.05) is 54.3 Å². The van der Waals surface area contributed by atoms with E-state index >= 15 is 0 Å². The summed E-state index contributed by atoms with van der Waals surface area (Å²) >= 11 is 0. The third kappa shape index (κ3) is 3.56. The molecule has 0 aliphatic heterocycles. The van der Waals surface area contributed by atoms with Gasteiger partial charge < -0.3 is 10.4 Å². The van der Waals surface area contributed by atoms with E-state index in [0.29, 0.717) is 17.9 Å². The molecule has 0 saturated carbocycles. The van der Waals surface area contributed by atoms with E-state index in [0.717, 1.165) is 39.7 Å². The predicted molar refractivity (Wildman–Crippen MR) is 113 cm³/mol. The minimum Gasteiger partial charge on any atom is -0.387 e. The molecule has 0 unspecified atom stereocenters. The van der Waals surface area contributed by atoms with Gasteiger partial charge in [0.15, 0.2) is 0 Å². The van der Waals surface area contributed by atoms with E-state index in [9.17, 15) is 9.90 Å². The molecule has 0 spiro atoms. The van der Waals surface area contributed by atoms with Crippen LogP contribution in [0.25, 0.3) is 27.7 Å². The van der Waals surface area contributed by atoms with Crippen molar-refractivity contribution in [3.05, 3.63) is 54.2 Å². The summed E-state index contributed by atoms with van der Waals surface area (Å²) in [6.07, 6.45) is 8.22. The summed E-state index contributed by atoms with van der Waals surface area (Å²) in [6, 6.07) is 5.82. The molecular weight excluding hydrogens is 366 g/mol. The zero-order chi connectivity index (χ0) is 20.5.